The smallest absolute Gasteiger partial charge is 0.387 e. The third kappa shape index (κ3) is 4.41. The molecule has 0 aliphatic carbocycles. The van der Waals surface area contributed by atoms with Crippen molar-refractivity contribution in [3.63, 3.8) is 0 Å². The number of alkyl halides is 2. The molecule has 0 spiro atoms. The molecule has 1 atom stereocenters. The Balaban J connectivity index is 1.63. The van der Waals surface area contributed by atoms with Gasteiger partial charge in [-0.15, -0.1) is 0 Å². The zero-order valence-corrected chi connectivity index (χ0v) is 15.3. The molecular weight excluding hydrogens is 358 g/mol. The summed E-state index contributed by atoms with van der Waals surface area (Å²) < 4.78 is 34.9. The number of hydrogen-bond acceptors (Lipinski definition) is 6. The fourth-order valence-electron chi connectivity index (χ4n) is 3.06. The molecule has 2 aromatic rings. The van der Waals surface area contributed by atoms with E-state index in [-0.39, 0.29) is 23.3 Å². The molecule has 7 nitrogen and oxygen atoms in total. The SMILES string of the molecule is CCc1noc([C@H](C)N2CCN(C(=O)c3ccccc3OC(F)F)CC2)n1. The number of halogens is 2. The number of benzene rings is 1. The molecule has 27 heavy (non-hydrogen) atoms. The van der Waals surface area contributed by atoms with Crippen LogP contribution in [-0.2, 0) is 6.42 Å². The number of rotatable bonds is 6. The second kappa shape index (κ2) is 8.43. The summed E-state index contributed by atoms with van der Waals surface area (Å²) in [5, 5.41) is 3.91. The molecule has 1 aliphatic heterocycles. The van der Waals surface area contributed by atoms with Crippen LogP contribution in [0.2, 0.25) is 0 Å². The summed E-state index contributed by atoms with van der Waals surface area (Å²) in [5.74, 6) is 0.805. The van der Waals surface area contributed by atoms with Gasteiger partial charge in [-0.05, 0) is 19.1 Å². The summed E-state index contributed by atoms with van der Waals surface area (Å²) in [5.41, 5.74) is 0.142. The van der Waals surface area contributed by atoms with E-state index in [1.807, 2.05) is 13.8 Å². The van der Waals surface area contributed by atoms with Crippen LogP contribution in [-0.4, -0.2) is 58.6 Å². The van der Waals surface area contributed by atoms with Gasteiger partial charge in [-0.1, -0.05) is 24.2 Å². The number of ether oxygens (including phenoxy) is 1. The van der Waals surface area contributed by atoms with Gasteiger partial charge in [-0.3, -0.25) is 9.69 Å². The largest absolute Gasteiger partial charge is 0.434 e. The Hall–Kier alpha value is -2.55. The molecule has 1 saturated heterocycles. The Morgan fingerprint density at radius 3 is 2.59 bits per heavy atom. The monoisotopic (exact) mass is 380 g/mol. The number of piperazine rings is 1. The van der Waals surface area contributed by atoms with Crippen molar-refractivity contribution in [2.24, 2.45) is 0 Å². The van der Waals surface area contributed by atoms with Crippen molar-refractivity contribution in [2.75, 3.05) is 26.2 Å². The number of amides is 1. The summed E-state index contributed by atoms with van der Waals surface area (Å²) in [7, 11) is 0. The highest BCUT2D eigenvalue weighted by atomic mass is 19.3. The number of hydrogen-bond donors (Lipinski definition) is 0. The highest BCUT2D eigenvalue weighted by Gasteiger charge is 2.29. The Morgan fingerprint density at radius 1 is 1.26 bits per heavy atom. The summed E-state index contributed by atoms with van der Waals surface area (Å²) in [6.45, 7) is 3.15. The van der Waals surface area contributed by atoms with Gasteiger partial charge in [0, 0.05) is 32.6 Å². The molecule has 1 amide bonds. The maximum atomic E-state index is 12.7. The van der Waals surface area contributed by atoms with E-state index in [1.54, 1.807) is 17.0 Å². The van der Waals surface area contributed by atoms with Crippen LogP contribution in [0.1, 0.15) is 42.0 Å². The molecule has 1 fully saturated rings. The number of aromatic nitrogens is 2. The van der Waals surface area contributed by atoms with Gasteiger partial charge < -0.3 is 14.2 Å². The van der Waals surface area contributed by atoms with Crippen LogP contribution in [0.5, 0.6) is 5.75 Å². The maximum Gasteiger partial charge on any atom is 0.387 e. The van der Waals surface area contributed by atoms with Gasteiger partial charge in [0.15, 0.2) is 5.82 Å². The Kier molecular flexibility index (Phi) is 6.00. The van der Waals surface area contributed by atoms with Gasteiger partial charge in [0.2, 0.25) is 5.89 Å². The molecule has 1 aliphatic rings. The Morgan fingerprint density at radius 2 is 1.96 bits per heavy atom. The molecule has 146 valence electrons. The van der Waals surface area contributed by atoms with Gasteiger partial charge in [-0.2, -0.15) is 13.8 Å². The van der Waals surface area contributed by atoms with Crippen molar-refractivity contribution in [3.05, 3.63) is 41.5 Å². The van der Waals surface area contributed by atoms with Crippen molar-refractivity contribution >= 4 is 5.91 Å². The molecular formula is C18H22F2N4O3. The first kappa shape index (κ1) is 19.2. The number of aryl methyl sites for hydroxylation is 1. The zero-order valence-electron chi connectivity index (χ0n) is 15.3. The van der Waals surface area contributed by atoms with Crippen molar-refractivity contribution in [3.8, 4) is 5.75 Å². The quantitative estimate of drug-likeness (QED) is 0.767. The van der Waals surface area contributed by atoms with E-state index in [0.29, 0.717) is 44.3 Å². The van der Waals surface area contributed by atoms with Crippen molar-refractivity contribution in [1.29, 1.82) is 0 Å². The number of carbonyl (C=O) groups excluding carboxylic acids is 1. The minimum absolute atomic E-state index is 0.0514. The van der Waals surface area contributed by atoms with Gasteiger partial charge in [0.25, 0.3) is 5.91 Å². The number of nitrogens with zero attached hydrogens (tertiary/aromatic N) is 4. The summed E-state index contributed by atoms with van der Waals surface area (Å²) in [6.07, 6.45) is 0.707. The highest BCUT2D eigenvalue weighted by Crippen LogP contribution is 2.24. The Bertz CT molecular complexity index is 775. The van der Waals surface area contributed by atoms with E-state index in [4.69, 9.17) is 4.52 Å². The normalized spacial score (nSPS) is 16.6. The molecule has 1 aromatic carbocycles. The molecule has 0 radical (unpaired) electrons. The maximum absolute atomic E-state index is 12.7. The van der Waals surface area contributed by atoms with E-state index in [1.165, 1.54) is 12.1 Å². The zero-order chi connectivity index (χ0) is 19.4. The molecule has 3 rings (SSSR count). The minimum atomic E-state index is -2.97. The average Bonchev–Trinajstić information content (AvgIpc) is 3.16. The molecule has 2 heterocycles. The van der Waals surface area contributed by atoms with Gasteiger partial charge in [-0.25, -0.2) is 0 Å². The van der Waals surface area contributed by atoms with E-state index in [9.17, 15) is 13.6 Å². The van der Waals surface area contributed by atoms with Crippen molar-refractivity contribution in [2.45, 2.75) is 32.9 Å². The van der Waals surface area contributed by atoms with E-state index < -0.39 is 6.61 Å². The van der Waals surface area contributed by atoms with Gasteiger partial charge in [0.05, 0.1) is 11.6 Å². The molecule has 0 bridgehead atoms. The van der Waals surface area contributed by atoms with Gasteiger partial charge >= 0.3 is 6.61 Å². The van der Waals surface area contributed by atoms with Crippen molar-refractivity contribution < 1.29 is 22.8 Å². The first-order chi connectivity index (χ1) is 13.0. The standard InChI is InChI=1S/C18H22F2N4O3/c1-3-15-21-16(27-22-15)12(2)23-8-10-24(11-9-23)17(25)13-6-4-5-7-14(13)26-18(19)20/h4-7,12,18H,3,8-11H2,1-2H3/t12-/m0/s1. The molecule has 9 heteroatoms. The van der Waals surface area contributed by atoms with Crippen LogP contribution in [0.3, 0.4) is 0 Å². The summed E-state index contributed by atoms with van der Waals surface area (Å²) in [4.78, 5) is 20.9. The van der Waals surface area contributed by atoms with E-state index in [0.717, 1.165) is 0 Å². The lowest BCUT2D eigenvalue weighted by Crippen LogP contribution is -2.49. The van der Waals surface area contributed by atoms with Gasteiger partial charge in [0.1, 0.15) is 5.75 Å². The van der Waals surface area contributed by atoms with Crippen LogP contribution in [0, 0.1) is 0 Å². The number of para-hydroxylation sites is 1. The predicted octanol–water partition coefficient (Wildman–Crippen LogP) is 2.75. The number of carbonyl (C=O) groups is 1. The van der Waals surface area contributed by atoms with Crippen LogP contribution in [0.25, 0.3) is 0 Å². The van der Waals surface area contributed by atoms with Crippen LogP contribution in [0.4, 0.5) is 8.78 Å². The summed E-state index contributed by atoms with van der Waals surface area (Å²) in [6, 6.07) is 6.01. The molecule has 1 aromatic heterocycles. The predicted molar refractivity (Wildman–Crippen MR) is 92.6 cm³/mol. The summed E-state index contributed by atoms with van der Waals surface area (Å²) >= 11 is 0. The van der Waals surface area contributed by atoms with E-state index in [2.05, 4.69) is 19.8 Å². The van der Waals surface area contributed by atoms with Crippen molar-refractivity contribution in [1.82, 2.24) is 19.9 Å². The Labute approximate surface area is 155 Å². The first-order valence-corrected chi connectivity index (χ1v) is 8.89. The topological polar surface area (TPSA) is 71.7 Å². The van der Waals surface area contributed by atoms with E-state index >= 15 is 0 Å². The first-order valence-electron chi connectivity index (χ1n) is 8.89. The highest BCUT2D eigenvalue weighted by molar-refractivity contribution is 5.97. The lowest BCUT2D eigenvalue weighted by atomic mass is 10.1. The lowest BCUT2D eigenvalue weighted by molar-refractivity contribution is -0.0503. The second-order valence-corrected chi connectivity index (χ2v) is 6.28. The molecule has 0 N–H and O–H groups in total. The third-order valence-electron chi connectivity index (χ3n) is 4.64. The second-order valence-electron chi connectivity index (χ2n) is 6.28. The fourth-order valence-corrected chi connectivity index (χ4v) is 3.06. The lowest BCUT2D eigenvalue weighted by Gasteiger charge is -2.37. The average molecular weight is 380 g/mol. The van der Waals surface area contributed by atoms with Crippen LogP contribution < -0.4 is 4.74 Å². The minimum Gasteiger partial charge on any atom is -0.434 e. The molecule has 0 unspecified atom stereocenters. The fraction of sp³-hybridized carbons (Fsp3) is 0.500. The van der Waals surface area contributed by atoms with Crippen LogP contribution in [0.15, 0.2) is 28.8 Å². The van der Waals surface area contributed by atoms with Crippen LogP contribution >= 0.6 is 0 Å². The molecule has 0 saturated carbocycles. The third-order valence-corrected chi connectivity index (χ3v) is 4.64.